The van der Waals surface area contributed by atoms with E-state index in [-0.39, 0.29) is 5.91 Å². The van der Waals surface area contributed by atoms with Crippen LogP contribution in [0.5, 0.6) is 0 Å². The zero-order chi connectivity index (χ0) is 8.72. The number of nitrogens with two attached hydrogens (primary N) is 1. The van der Waals surface area contributed by atoms with Gasteiger partial charge >= 0.3 is 0 Å². The summed E-state index contributed by atoms with van der Waals surface area (Å²) in [5.74, 6) is -0.146. The van der Waals surface area contributed by atoms with Crippen LogP contribution in [0.25, 0.3) is 0 Å². The Hall–Kier alpha value is -0.790. The first kappa shape index (κ1) is 7.84. The zero-order valence-electron chi connectivity index (χ0n) is 6.04. The minimum absolute atomic E-state index is 0.146. The molecule has 2 rings (SSSR count). The molecule has 2 heterocycles. The second kappa shape index (κ2) is 2.61. The van der Waals surface area contributed by atoms with Crippen LogP contribution < -0.4 is 21.8 Å². The molecule has 0 radical (unpaired) electrons. The van der Waals surface area contributed by atoms with Crippen LogP contribution in [-0.2, 0) is 4.79 Å². The number of fused-ring (bicyclic) bond motifs is 1. The number of nitrogens with one attached hydrogen (secondary N) is 3. The molecule has 0 aromatic rings. The van der Waals surface area contributed by atoms with Crippen molar-refractivity contribution in [3.05, 3.63) is 10.8 Å². The highest BCUT2D eigenvalue weighted by molar-refractivity contribution is 9.11. The molecule has 1 fully saturated rings. The SMILES string of the molecule is NC1NC(=O)C2NC=C(Br)N2N1. The Balaban J connectivity index is 2.19. The van der Waals surface area contributed by atoms with Crippen LogP contribution in [0.4, 0.5) is 0 Å². The number of halogens is 1. The van der Waals surface area contributed by atoms with Gasteiger partial charge in [-0.2, -0.15) is 5.43 Å². The number of hydrogen-bond acceptors (Lipinski definition) is 5. The number of nitrogens with zero attached hydrogens (tertiary/aromatic N) is 1. The summed E-state index contributed by atoms with van der Waals surface area (Å²) in [5.41, 5.74) is 8.34. The maximum atomic E-state index is 11.2. The lowest BCUT2D eigenvalue weighted by molar-refractivity contribution is -0.132. The third-order valence-electron chi connectivity index (χ3n) is 1.67. The summed E-state index contributed by atoms with van der Waals surface area (Å²) in [6.07, 6.45) is 0.753. The summed E-state index contributed by atoms with van der Waals surface area (Å²) >= 11 is 3.26. The molecule has 12 heavy (non-hydrogen) atoms. The Labute approximate surface area is 77.2 Å². The fraction of sp³-hybridized carbons (Fsp3) is 0.400. The molecule has 0 aromatic heterocycles. The third kappa shape index (κ3) is 1.06. The van der Waals surface area contributed by atoms with Crippen molar-refractivity contribution in [3.8, 4) is 0 Å². The van der Waals surface area contributed by atoms with E-state index in [1.165, 1.54) is 0 Å². The lowest BCUT2D eigenvalue weighted by Crippen LogP contribution is -2.69. The summed E-state index contributed by atoms with van der Waals surface area (Å²) in [6.45, 7) is 0. The molecular formula is C5H8BrN5O. The van der Waals surface area contributed by atoms with Crippen LogP contribution in [0.2, 0.25) is 0 Å². The molecule has 1 saturated heterocycles. The van der Waals surface area contributed by atoms with E-state index >= 15 is 0 Å². The fourth-order valence-electron chi connectivity index (χ4n) is 1.16. The van der Waals surface area contributed by atoms with Gasteiger partial charge < -0.3 is 10.6 Å². The predicted molar refractivity (Wildman–Crippen MR) is 45.0 cm³/mol. The Morgan fingerprint density at radius 2 is 2.42 bits per heavy atom. The first-order chi connectivity index (χ1) is 5.68. The largest absolute Gasteiger partial charge is 0.360 e. The van der Waals surface area contributed by atoms with Crippen LogP contribution in [0.1, 0.15) is 0 Å². The van der Waals surface area contributed by atoms with Gasteiger partial charge in [0, 0.05) is 6.20 Å². The first-order valence-corrected chi connectivity index (χ1v) is 4.21. The van der Waals surface area contributed by atoms with E-state index in [9.17, 15) is 4.79 Å². The molecule has 0 bridgehead atoms. The van der Waals surface area contributed by atoms with Gasteiger partial charge in [0.25, 0.3) is 5.91 Å². The van der Waals surface area contributed by atoms with Crippen molar-refractivity contribution in [2.75, 3.05) is 0 Å². The van der Waals surface area contributed by atoms with Gasteiger partial charge in [-0.25, -0.2) is 0 Å². The van der Waals surface area contributed by atoms with Gasteiger partial charge in [0.15, 0.2) is 6.17 Å². The predicted octanol–water partition coefficient (Wildman–Crippen LogP) is -1.71. The molecule has 2 atom stereocenters. The Morgan fingerprint density at radius 3 is 3.17 bits per heavy atom. The van der Waals surface area contributed by atoms with Crippen LogP contribution in [-0.4, -0.2) is 23.4 Å². The molecule has 66 valence electrons. The lowest BCUT2D eigenvalue weighted by atomic mass is 10.4. The molecule has 2 unspecified atom stereocenters. The average Bonchev–Trinajstić information content (AvgIpc) is 2.33. The summed E-state index contributed by atoms with van der Waals surface area (Å²) in [5, 5.41) is 7.03. The van der Waals surface area contributed by atoms with Gasteiger partial charge in [0.05, 0.1) is 0 Å². The van der Waals surface area contributed by atoms with E-state index in [1.54, 1.807) is 11.2 Å². The highest BCUT2D eigenvalue weighted by Gasteiger charge is 2.36. The van der Waals surface area contributed by atoms with Crippen LogP contribution in [0.15, 0.2) is 10.8 Å². The Morgan fingerprint density at radius 1 is 1.67 bits per heavy atom. The molecule has 0 aliphatic carbocycles. The van der Waals surface area contributed by atoms with E-state index in [4.69, 9.17) is 5.73 Å². The van der Waals surface area contributed by atoms with Crippen molar-refractivity contribution in [2.45, 2.75) is 12.5 Å². The average molecular weight is 234 g/mol. The smallest absolute Gasteiger partial charge is 0.267 e. The molecule has 5 N–H and O–H groups in total. The van der Waals surface area contributed by atoms with Gasteiger partial charge in [-0.1, -0.05) is 0 Å². The molecule has 1 amide bonds. The zero-order valence-corrected chi connectivity index (χ0v) is 7.63. The Bertz CT molecular complexity index is 254. The monoisotopic (exact) mass is 233 g/mol. The van der Waals surface area contributed by atoms with Crippen molar-refractivity contribution in [2.24, 2.45) is 5.73 Å². The van der Waals surface area contributed by atoms with Crippen molar-refractivity contribution in [1.82, 2.24) is 21.1 Å². The summed E-state index contributed by atoms with van der Waals surface area (Å²) in [4.78, 5) is 11.2. The van der Waals surface area contributed by atoms with E-state index in [0.29, 0.717) is 0 Å². The standard InChI is InChI=1S/C5H8BrN5O/c6-2-1-8-3-4(12)9-5(7)10-11(2)3/h1,3,5,8,10H,7H2,(H,9,12). The summed E-state index contributed by atoms with van der Waals surface area (Å²) < 4.78 is 0.762. The maximum Gasteiger partial charge on any atom is 0.267 e. The van der Waals surface area contributed by atoms with E-state index in [0.717, 1.165) is 4.61 Å². The third-order valence-corrected chi connectivity index (χ3v) is 2.28. The second-order valence-corrected chi connectivity index (χ2v) is 3.33. The molecule has 2 aliphatic rings. The van der Waals surface area contributed by atoms with Gasteiger partial charge in [0.2, 0.25) is 0 Å². The van der Waals surface area contributed by atoms with Gasteiger partial charge in [-0.05, 0) is 15.9 Å². The molecule has 0 spiro atoms. The molecule has 0 saturated carbocycles. The van der Waals surface area contributed by atoms with Gasteiger partial charge in [-0.15, -0.1) is 0 Å². The van der Waals surface area contributed by atoms with Crippen molar-refractivity contribution in [3.63, 3.8) is 0 Å². The summed E-state index contributed by atoms with van der Waals surface area (Å²) in [7, 11) is 0. The number of amides is 1. The van der Waals surface area contributed by atoms with Crippen molar-refractivity contribution < 1.29 is 4.79 Å². The quantitative estimate of drug-likeness (QED) is 0.375. The number of carbonyl (C=O) groups is 1. The maximum absolute atomic E-state index is 11.2. The van der Waals surface area contributed by atoms with E-state index < -0.39 is 12.5 Å². The van der Waals surface area contributed by atoms with Crippen LogP contribution in [0, 0.1) is 0 Å². The second-order valence-electron chi connectivity index (χ2n) is 2.52. The van der Waals surface area contributed by atoms with Gasteiger partial charge in [0.1, 0.15) is 10.9 Å². The molecule has 0 aromatic carbocycles. The molecular weight excluding hydrogens is 226 g/mol. The molecule has 7 heteroatoms. The molecule has 6 nitrogen and oxygen atoms in total. The van der Waals surface area contributed by atoms with Crippen LogP contribution in [0.3, 0.4) is 0 Å². The highest BCUT2D eigenvalue weighted by atomic mass is 79.9. The molecule has 2 aliphatic heterocycles. The van der Waals surface area contributed by atoms with Crippen molar-refractivity contribution >= 4 is 21.8 Å². The van der Waals surface area contributed by atoms with Gasteiger partial charge in [-0.3, -0.25) is 15.5 Å². The normalized spacial score (nSPS) is 33.7. The van der Waals surface area contributed by atoms with E-state index in [2.05, 4.69) is 32.0 Å². The highest BCUT2D eigenvalue weighted by Crippen LogP contribution is 2.18. The Kier molecular flexibility index (Phi) is 1.71. The lowest BCUT2D eigenvalue weighted by Gasteiger charge is -2.35. The number of hydrogen-bond donors (Lipinski definition) is 4. The first-order valence-electron chi connectivity index (χ1n) is 3.41. The number of rotatable bonds is 0. The number of hydrazine groups is 1. The minimum atomic E-state index is -0.533. The topological polar surface area (TPSA) is 82.4 Å². The van der Waals surface area contributed by atoms with Crippen LogP contribution >= 0.6 is 15.9 Å². The number of carbonyl (C=O) groups excluding carboxylic acids is 1. The van der Waals surface area contributed by atoms with E-state index in [1.807, 2.05) is 0 Å². The fourth-order valence-corrected chi connectivity index (χ4v) is 1.60. The van der Waals surface area contributed by atoms with Crippen molar-refractivity contribution in [1.29, 1.82) is 0 Å². The minimum Gasteiger partial charge on any atom is -0.360 e. The summed E-state index contributed by atoms with van der Waals surface area (Å²) in [6, 6.07) is 0.